The molecule has 0 radical (unpaired) electrons. The molecular formula is C76H144O17P2. The van der Waals surface area contributed by atoms with E-state index >= 15 is 0 Å². The van der Waals surface area contributed by atoms with Gasteiger partial charge in [-0.2, -0.15) is 0 Å². The van der Waals surface area contributed by atoms with Crippen LogP contribution >= 0.6 is 15.6 Å². The third-order valence-corrected chi connectivity index (χ3v) is 18.9. The molecule has 95 heavy (non-hydrogen) atoms. The number of aliphatic hydroxyl groups is 1. The molecule has 0 aliphatic heterocycles. The molecule has 0 saturated carbocycles. The Morgan fingerprint density at radius 2 is 0.568 bits per heavy atom. The Bertz CT molecular complexity index is 1950. The molecular weight excluding hydrogens is 1250 g/mol. The summed E-state index contributed by atoms with van der Waals surface area (Å²) < 4.78 is 68.4. The number of aliphatic hydroxyl groups excluding tert-OH is 1. The van der Waals surface area contributed by atoms with Gasteiger partial charge in [-0.1, -0.05) is 310 Å². The maximum Gasteiger partial charge on any atom is 0.472 e. The van der Waals surface area contributed by atoms with Crippen molar-refractivity contribution in [1.29, 1.82) is 0 Å². The van der Waals surface area contributed by atoms with E-state index < -0.39 is 97.5 Å². The third kappa shape index (κ3) is 69.8. The highest BCUT2D eigenvalue weighted by molar-refractivity contribution is 7.47. The topological polar surface area (TPSA) is 237 Å². The van der Waals surface area contributed by atoms with Crippen molar-refractivity contribution >= 4 is 39.5 Å². The van der Waals surface area contributed by atoms with E-state index in [0.717, 1.165) is 121 Å². The zero-order valence-electron chi connectivity index (χ0n) is 61.6. The number of hydrogen-bond donors (Lipinski definition) is 3. The first-order valence-electron chi connectivity index (χ1n) is 38.7. The van der Waals surface area contributed by atoms with Gasteiger partial charge in [-0.05, 0) is 69.1 Å². The van der Waals surface area contributed by atoms with Gasteiger partial charge in [0.05, 0.1) is 26.4 Å². The smallest absolute Gasteiger partial charge is 0.462 e. The Balaban J connectivity index is 5.27. The highest BCUT2D eigenvalue weighted by Gasteiger charge is 2.30. The molecule has 0 amide bonds. The number of unbranched alkanes of at least 4 members (excludes halogenated alkanes) is 37. The van der Waals surface area contributed by atoms with Gasteiger partial charge in [0, 0.05) is 25.7 Å². The molecule has 0 bridgehead atoms. The molecule has 0 aliphatic rings. The second-order valence-electron chi connectivity index (χ2n) is 28.1. The van der Waals surface area contributed by atoms with Gasteiger partial charge < -0.3 is 33.8 Å². The van der Waals surface area contributed by atoms with Crippen LogP contribution in [0.4, 0.5) is 0 Å². The fourth-order valence-corrected chi connectivity index (χ4v) is 12.6. The molecule has 0 spiro atoms. The van der Waals surface area contributed by atoms with Gasteiger partial charge in [-0.15, -0.1) is 0 Å². The number of allylic oxidation sites excluding steroid dienone is 4. The highest BCUT2D eigenvalue weighted by atomic mass is 31.2. The maximum atomic E-state index is 13.1. The van der Waals surface area contributed by atoms with Crippen molar-refractivity contribution in [2.75, 3.05) is 39.6 Å². The first kappa shape index (κ1) is 92.5. The summed E-state index contributed by atoms with van der Waals surface area (Å²) in [4.78, 5) is 72.7. The Morgan fingerprint density at radius 1 is 0.326 bits per heavy atom. The van der Waals surface area contributed by atoms with Gasteiger partial charge in [0.25, 0.3) is 0 Å². The minimum absolute atomic E-state index is 0.0849. The molecule has 0 aromatic rings. The Labute approximate surface area is 580 Å². The van der Waals surface area contributed by atoms with Crippen LogP contribution in [0.1, 0.15) is 363 Å². The van der Waals surface area contributed by atoms with Gasteiger partial charge in [0.15, 0.2) is 12.2 Å². The minimum atomic E-state index is -4.97. The lowest BCUT2D eigenvalue weighted by Gasteiger charge is -2.21. The Morgan fingerprint density at radius 3 is 0.853 bits per heavy atom. The third-order valence-electron chi connectivity index (χ3n) is 17.0. The summed E-state index contributed by atoms with van der Waals surface area (Å²) in [6.45, 7) is 11.8. The van der Waals surface area contributed by atoms with Crippen LogP contribution in [0.15, 0.2) is 24.3 Å². The van der Waals surface area contributed by atoms with Crippen molar-refractivity contribution in [3.05, 3.63) is 24.3 Å². The molecule has 560 valence electrons. The zero-order chi connectivity index (χ0) is 70.1. The number of carbonyl (C=O) groups is 4. The predicted octanol–water partition coefficient (Wildman–Crippen LogP) is 21.7. The summed E-state index contributed by atoms with van der Waals surface area (Å²) in [5, 5.41) is 10.6. The molecule has 17 nitrogen and oxygen atoms in total. The van der Waals surface area contributed by atoms with Crippen LogP contribution < -0.4 is 0 Å². The largest absolute Gasteiger partial charge is 0.472 e. The van der Waals surface area contributed by atoms with E-state index in [4.69, 9.17) is 37.0 Å². The second kappa shape index (κ2) is 66.1. The molecule has 3 unspecified atom stereocenters. The Kier molecular flexibility index (Phi) is 64.4. The van der Waals surface area contributed by atoms with Crippen molar-refractivity contribution in [2.24, 2.45) is 17.8 Å². The van der Waals surface area contributed by atoms with E-state index in [1.54, 1.807) is 0 Å². The summed E-state index contributed by atoms with van der Waals surface area (Å²) in [6.07, 6.45) is 55.0. The fourth-order valence-electron chi connectivity index (χ4n) is 11.1. The number of carbonyl (C=O) groups excluding carboxylic acids is 4. The van der Waals surface area contributed by atoms with Crippen molar-refractivity contribution in [2.45, 2.75) is 381 Å². The first-order chi connectivity index (χ1) is 45.7. The average molecular weight is 1390 g/mol. The molecule has 0 aromatic carbocycles. The van der Waals surface area contributed by atoms with Crippen molar-refractivity contribution < 1.29 is 80.2 Å². The van der Waals surface area contributed by atoms with Crippen LogP contribution in [-0.2, 0) is 65.4 Å². The first-order valence-corrected chi connectivity index (χ1v) is 41.7. The van der Waals surface area contributed by atoms with E-state index in [1.165, 1.54) is 154 Å². The standard InChI is InChI=1S/C76H144O17P2/c1-8-9-10-11-12-13-14-15-17-22-25-30-37-45-52-59-75(80)92-71(63-86-73(78)57-50-43-36-29-24-21-19-16-18-20-23-27-33-40-47-54-67(2)3)65-90-94(82,83)88-61-70(77)62-89-95(84,85)91-66-72(64-87-74(79)58-51-44-39-32-35-42-49-56-69(6)7)93-76(81)60-53-46-38-31-26-28-34-41-48-55-68(4)5/h13-15,17,67-72,77H,8-12,16,18-66H2,1-7H3,(H,82,83)(H,84,85)/b14-13-,17-15-/t70?,71-,72-/m1/s1. The lowest BCUT2D eigenvalue weighted by atomic mass is 10.0. The summed E-state index contributed by atoms with van der Waals surface area (Å²) in [5.74, 6) is 0.0923. The van der Waals surface area contributed by atoms with Crippen LogP contribution in [0.5, 0.6) is 0 Å². The van der Waals surface area contributed by atoms with Gasteiger partial charge >= 0.3 is 39.5 Å². The summed E-state index contributed by atoms with van der Waals surface area (Å²) in [7, 11) is -9.92. The van der Waals surface area contributed by atoms with E-state index in [9.17, 15) is 43.2 Å². The van der Waals surface area contributed by atoms with Crippen LogP contribution in [-0.4, -0.2) is 96.7 Å². The molecule has 0 saturated heterocycles. The number of phosphoric acid groups is 2. The fraction of sp³-hybridized carbons (Fsp3) is 0.895. The minimum Gasteiger partial charge on any atom is -0.462 e. The molecule has 3 N–H and O–H groups in total. The predicted molar refractivity (Wildman–Crippen MR) is 386 cm³/mol. The zero-order valence-corrected chi connectivity index (χ0v) is 63.4. The van der Waals surface area contributed by atoms with Gasteiger partial charge in [-0.25, -0.2) is 9.13 Å². The van der Waals surface area contributed by atoms with Crippen LogP contribution in [0.25, 0.3) is 0 Å². The van der Waals surface area contributed by atoms with Crippen molar-refractivity contribution in [1.82, 2.24) is 0 Å². The van der Waals surface area contributed by atoms with Crippen LogP contribution in [0.2, 0.25) is 0 Å². The van der Waals surface area contributed by atoms with Crippen LogP contribution in [0, 0.1) is 17.8 Å². The number of esters is 4. The van der Waals surface area contributed by atoms with E-state index in [2.05, 4.69) is 72.8 Å². The second-order valence-corrected chi connectivity index (χ2v) is 31.0. The van der Waals surface area contributed by atoms with E-state index in [-0.39, 0.29) is 25.7 Å². The lowest BCUT2D eigenvalue weighted by Crippen LogP contribution is -2.30. The number of ether oxygens (including phenoxy) is 4. The molecule has 0 aromatic heterocycles. The van der Waals surface area contributed by atoms with E-state index in [1.807, 2.05) is 0 Å². The summed E-state index contributed by atoms with van der Waals surface area (Å²) in [6, 6.07) is 0. The van der Waals surface area contributed by atoms with E-state index in [0.29, 0.717) is 31.6 Å². The SMILES string of the molecule is CCCCCC/C=C\C=C/CCCCCCCC(=O)O[C@H](COC(=O)CCCCCCCCCCCCCCCCCC(C)C)COP(=O)(O)OCC(O)COP(=O)(O)OC[C@@H](COC(=O)CCCCCCCCCC(C)C)OC(=O)CCCCCCCCCCCC(C)C. The molecule has 19 heteroatoms. The Hall–Kier alpha value is -2.46. The molecule has 0 rings (SSSR count). The molecule has 0 heterocycles. The quantitative estimate of drug-likeness (QED) is 0.0169. The number of hydrogen-bond acceptors (Lipinski definition) is 15. The monoisotopic (exact) mass is 1390 g/mol. The van der Waals surface area contributed by atoms with Crippen molar-refractivity contribution in [3.63, 3.8) is 0 Å². The lowest BCUT2D eigenvalue weighted by molar-refractivity contribution is -0.161. The van der Waals surface area contributed by atoms with Crippen LogP contribution in [0.3, 0.4) is 0 Å². The molecule has 5 atom stereocenters. The number of phosphoric ester groups is 2. The van der Waals surface area contributed by atoms with Gasteiger partial charge in [-0.3, -0.25) is 37.3 Å². The number of rotatable bonds is 72. The van der Waals surface area contributed by atoms with Crippen molar-refractivity contribution in [3.8, 4) is 0 Å². The normalized spacial score (nSPS) is 14.2. The van der Waals surface area contributed by atoms with Gasteiger partial charge in [0.1, 0.15) is 19.3 Å². The molecule has 0 fully saturated rings. The molecule has 0 aliphatic carbocycles. The highest BCUT2D eigenvalue weighted by Crippen LogP contribution is 2.45. The summed E-state index contributed by atoms with van der Waals surface area (Å²) >= 11 is 0. The summed E-state index contributed by atoms with van der Waals surface area (Å²) in [5.41, 5.74) is 0. The maximum absolute atomic E-state index is 13.1. The average Bonchev–Trinajstić information content (AvgIpc) is 1.19. The van der Waals surface area contributed by atoms with Gasteiger partial charge in [0.2, 0.25) is 0 Å².